The first-order valence-corrected chi connectivity index (χ1v) is 10.1. The van der Waals surface area contributed by atoms with Crippen molar-refractivity contribution < 1.29 is 14.5 Å². The number of imide groups is 1. The summed E-state index contributed by atoms with van der Waals surface area (Å²) in [5, 5.41) is 11.8. The van der Waals surface area contributed by atoms with E-state index in [-0.39, 0.29) is 47.2 Å². The van der Waals surface area contributed by atoms with E-state index < -0.39 is 4.92 Å². The van der Waals surface area contributed by atoms with Crippen LogP contribution in [0.4, 0.5) is 17.1 Å². The van der Waals surface area contributed by atoms with Crippen LogP contribution in [0.5, 0.6) is 0 Å². The Kier molecular flexibility index (Phi) is 3.82. The quantitative estimate of drug-likeness (QED) is 0.347. The number of benzene rings is 1. The summed E-state index contributed by atoms with van der Waals surface area (Å²) in [6.45, 7) is 2.86. The Morgan fingerprint density at radius 3 is 2.36 bits per heavy atom. The normalized spacial score (nSPS) is 33.7. The minimum Gasteiger partial charge on any atom is -0.363 e. The molecule has 146 valence electrons. The first-order valence-electron chi connectivity index (χ1n) is 10.1. The average Bonchev–Trinajstić information content (AvgIpc) is 3.36. The summed E-state index contributed by atoms with van der Waals surface area (Å²) in [4.78, 5) is 40.6. The van der Waals surface area contributed by atoms with Gasteiger partial charge in [0, 0.05) is 18.7 Å². The Hall–Kier alpha value is -2.70. The molecule has 2 aliphatic carbocycles. The van der Waals surface area contributed by atoms with E-state index in [2.05, 4.69) is 11.8 Å². The van der Waals surface area contributed by atoms with E-state index in [1.165, 1.54) is 11.0 Å². The fourth-order valence-electron chi connectivity index (χ4n) is 5.65. The van der Waals surface area contributed by atoms with Crippen LogP contribution in [0.1, 0.15) is 32.6 Å². The van der Waals surface area contributed by atoms with Gasteiger partial charge in [0.05, 0.1) is 22.4 Å². The molecule has 7 heteroatoms. The molecule has 0 N–H and O–H groups in total. The molecule has 2 aliphatic heterocycles. The van der Waals surface area contributed by atoms with Crippen LogP contribution in [0, 0.1) is 33.8 Å². The van der Waals surface area contributed by atoms with E-state index in [1.54, 1.807) is 12.1 Å². The van der Waals surface area contributed by atoms with Gasteiger partial charge in [0.1, 0.15) is 5.69 Å². The molecule has 1 aromatic carbocycles. The van der Waals surface area contributed by atoms with Gasteiger partial charge < -0.3 is 4.90 Å². The number of nitro benzene ring substituents is 1. The molecule has 2 bridgehead atoms. The Morgan fingerprint density at radius 1 is 1.07 bits per heavy atom. The summed E-state index contributed by atoms with van der Waals surface area (Å²) >= 11 is 0. The Balaban J connectivity index is 1.51. The van der Waals surface area contributed by atoms with E-state index in [0.717, 1.165) is 32.2 Å². The number of carbonyl (C=O) groups is 2. The predicted molar refractivity (Wildman–Crippen MR) is 104 cm³/mol. The fraction of sp³-hybridized carbons (Fsp3) is 0.524. The highest BCUT2D eigenvalue weighted by Gasteiger charge is 2.59. The van der Waals surface area contributed by atoms with Crippen LogP contribution in [0.25, 0.3) is 0 Å². The molecule has 5 rings (SSSR count). The van der Waals surface area contributed by atoms with Crippen LogP contribution in [0.15, 0.2) is 30.4 Å². The van der Waals surface area contributed by atoms with Crippen molar-refractivity contribution in [2.75, 3.05) is 16.3 Å². The van der Waals surface area contributed by atoms with Crippen molar-refractivity contribution in [2.24, 2.45) is 23.7 Å². The first-order chi connectivity index (χ1) is 13.5. The van der Waals surface area contributed by atoms with Gasteiger partial charge in [-0.25, -0.2) is 4.90 Å². The average molecular weight is 381 g/mol. The monoisotopic (exact) mass is 381 g/mol. The number of piperidine rings is 1. The molecular formula is C21H23N3O4. The summed E-state index contributed by atoms with van der Waals surface area (Å²) in [5.41, 5.74) is 0.857. The lowest BCUT2D eigenvalue weighted by atomic mass is 9.85. The zero-order valence-electron chi connectivity index (χ0n) is 15.8. The van der Waals surface area contributed by atoms with Gasteiger partial charge in [-0.15, -0.1) is 0 Å². The van der Waals surface area contributed by atoms with Crippen molar-refractivity contribution in [3.05, 3.63) is 40.5 Å². The third kappa shape index (κ3) is 2.34. The second kappa shape index (κ2) is 6.15. The van der Waals surface area contributed by atoms with Crippen LogP contribution < -0.4 is 9.80 Å². The lowest BCUT2D eigenvalue weighted by molar-refractivity contribution is -0.384. The summed E-state index contributed by atoms with van der Waals surface area (Å²) < 4.78 is 0. The zero-order valence-corrected chi connectivity index (χ0v) is 15.8. The van der Waals surface area contributed by atoms with Crippen LogP contribution >= 0.6 is 0 Å². The molecule has 3 fully saturated rings. The zero-order chi connectivity index (χ0) is 19.6. The summed E-state index contributed by atoms with van der Waals surface area (Å²) in [6.07, 6.45) is 8.09. The van der Waals surface area contributed by atoms with Crippen LogP contribution in [0.2, 0.25) is 0 Å². The molecule has 2 amide bonds. The Labute approximate surface area is 163 Å². The molecule has 4 aliphatic rings. The highest BCUT2D eigenvalue weighted by Crippen LogP contribution is 2.53. The third-order valence-electron chi connectivity index (χ3n) is 7.00. The minimum atomic E-state index is -0.405. The number of amides is 2. The number of nitro groups is 1. The number of nitrogens with zero attached hydrogens (tertiary/aromatic N) is 3. The molecule has 7 nitrogen and oxygen atoms in total. The molecule has 2 saturated heterocycles. The molecule has 0 spiro atoms. The number of hydrogen-bond acceptors (Lipinski definition) is 5. The van der Waals surface area contributed by atoms with Crippen LogP contribution in [-0.4, -0.2) is 29.3 Å². The maximum atomic E-state index is 13.0. The van der Waals surface area contributed by atoms with Gasteiger partial charge in [-0.2, -0.15) is 0 Å². The fourth-order valence-corrected chi connectivity index (χ4v) is 5.65. The number of anilines is 2. The Bertz CT molecular complexity index is 881. The third-order valence-corrected chi connectivity index (χ3v) is 7.00. The highest BCUT2D eigenvalue weighted by molar-refractivity contribution is 6.23. The summed E-state index contributed by atoms with van der Waals surface area (Å²) in [7, 11) is 0. The van der Waals surface area contributed by atoms with Gasteiger partial charge in [0.15, 0.2) is 0 Å². The van der Waals surface area contributed by atoms with Crippen molar-refractivity contribution in [1.29, 1.82) is 0 Å². The SMILES string of the molecule is C[C@@H]1CCCCN1c1ccc(N2C(=O)[C@@H]3[C@H](C2=O)[C@H]2C=C[C@H]3C2)cc1[N+](=O)[O-]. The van der Waals surface area contributed by atoms with Gasteiger partial charge in [0.2, 0.25) is 11.8 Å². The smallest absolute Gasteiger partial charge is 0.294 e. The van der Waals surface area contributed by atoms with Gasteiger partial charge in [-0.05, 0) is 56.6 Å². The maximum absolute atomic E-state index is 13.0. The molecule has 1 saturated carbocycles. The van der Waals surface area contributed by atoms with Crippen molar-refractivity contribution in [3.8, 4) is 0 Å². The molecule has 1 aromatic rings. The van der Waals surface area contributed by atoms with Crippen molar-refractivity contribution in [1.82, 2.24) is 0 Å². The minimum absolute atomic E-state index is 0.0370. The first kappa shape index (κ1) is 17.4. The van der Waals surface area contributed by atoms with Gasteiger partial charge in [-0.3, -0.25) is 19.7 Å². The highest BCUT2D eigenvalue weighted by atomic mass is 16.6. The summed E-state index contributed by atoms with van der Waals surface area (Å²) in [5.74, 6) is -0.771. The second-order valence-electron chi connectivity index (χ2n) is 8.48. The van der Waals surface area contributed by atoms with Crippen molar-refractivity contribution in [2.45, 2.75) is 38.6 Å². The number of rotatable bonds is 3. The largest absolute Gasteiger partial charge is 0.363 e. The second-order valence-corrected chi connectivity index (χ2v) is 8.48. The lowest BCUT2D eigenvalue weighted by Gasteiger charge is -2.35. The van der Waals surface area contributed by atoms with Gasteiger partial charge in [0.25, 0.3) is 5.69 Å². The van der Waals surface area contributed by atoms with Crippen molar-refractivity contribution >= 4 is 28.9 Å². The predicted octanol–water partition coefficient (Wildman–Crippen LogP) is 3.29. The molecule has 0 aromatic heterocycles. The Morgan fingerprint density at radius 2 is 1.75 bits per heavy atom. The standard InChI is InChI=1S/C21H23N3O4/c1-12-4-2-3-9-22(12)16-8-7-15(11-17(16)24(27)28)23-20(25)18-13-5-6-14(10-13)19(18)21(23)26/h5-8,11-14,18-19H,2-4,9-10H2,1H3/t12-,13+,14+,18-,19+/m1/s1. The van der Waals surface area contributed by atoms with E-state index in [1.807, 2.05) is 12.2 Å². The molecule has 2 heterocycles. The van der Waals surface area contributed by atoms with E-state index in [4.69, 9.17) is 0 Å². The topological polar surface area (TPSA) is 83.8 Å². The summed E-state index contributed by atoms with van der Waals surface area (Å²) in [6, 6.07) is 5.03. The molecule has 0 radical (unpaired) electrons. The van der Waals surface area contributed by atoms with Crippen LogP contribution in [0.3, 0.4) is 0 Å². The number of allylic oxidation sites excluding steroid dienone is 2. The van der Waals surface area contributed by atoms with E-state index in [0.29, 0.717) is 11.4 Å². The van der Waals surface area contributed by atoms with Crippen molar-refractivity contribution in [3.63, 3.8) is 0 Å². The molecule has 0 unspecified atom stereocenters. The number of hydrogen-bond donors (Lipinski definition) is 0. The molecule has 5 atom stereocenters. The number of fused-ring (bicyclic) bond motifs is 5. The van der Waals surface area contributed by atoms with Gasteiger partial charge >= 0.3 is 0 Å². The lowest BCUT2D eigenvalue weighted by Crippen LogP contribution is -2.38. The van der Waals surface area contributed by atoms with E-state index in [9.17, 15) is 19.7 Å². The molecule has 28 heavy (non-hydrogen) atoms. The number of carbonyl (C=O) groups excluding carboxylic acids is 2. The maximum Gasteiger partial charge on any atom is 0.294 e. The van der Waals surface area contributed by atoms with Crippen LogP contribution in [-0.2, 0) is 9.59 Å². The van der Waals surface area contributed by atoms with Gasteiger partial charge in [-0.1, -0.05) is 12.2 Å². The molecular weight excluding hydrogens is 358 g/mol. The van der Waals surface area contributed by atoms with E-state index >= 15 is 0 Å².